The molecule has 0 aliphatic carbocycles. The molecule has 4 aromatic rings. The molecule has 0 fully saturated rings. The summed E-state index contributed by atoms with van der Waals surface area (Å²) in [6.45, 7) is 7.56. The van der Waals surface area contributed by atoms with Gasteiger partial charge >= 0.3 is 0 Å². The zero-order valence-corrected chi connectivity index (χ0v) is 24.0. The molecule has 0 bridgehead atoms. The van der Waals surface area contributed by atoms with Gasteiger partial charge in [0.05, 0.1) is 0 Å². The third-order valence-electron chi connectivity index (χ3n) is 6.79. The van der Waals surface area contributed by atoms with Crippen molar-refractivity contribution in [1.29, 1.82) is 0 Å². The molecule has 0 spiro atoms. The lowest BCUT2D eigenvalue weighted by Crippen LogP contribution is -2.15. The molecule has 1 heterocycles. The number of hydrogen-bond donors (Lipinski definition) is 0. The minimum Gasteiger partial charge on any atom is -0.490 e. The lowest BCUT2D eigenvalue weighted by atomic mass is 10.0. The Morgan fingerprint density at radius 1 is 0.714 bits per heavy atom. The lowest BCUT2D eigenvalue weighted by molar-refractivity contribution is 0.170. The van der Waals surface area contributed by atoms with E-state index in [4.69, 9.17) is 18.9 Å². The zero-order chi connectivity index (χ0) is 29.0. The highest BCUT2D eigenvalue weighted by atomic mass is 16.5. The largest absolute Gasteiger partial charge is 0.490 e. The van der Waals surface area contributed by atoms with Gasteiger partial charge in [-0.25, -0.2) is 0 Å². The van der Waals surface area contributed by atoms with E-state index in [0.29, 0.717) is 37.8 Å². The smallest absolute Gasteiger partial charge is 0.172 e. The Bertz CT molecular complexity index is 1550. The van der Waals surface area contributed by atoms with Gasteiger partial charge in [0.25, 0.3) is 0 Å². The summed E-state index contributed by atoms with van der Waals surface area (Å²) >= 11 is 0. The third-order valence-corrected chi connectivity index (χ3v) is 6.79. The lowest BCUT2D eigenvalue weighted by Gasteiger charge is -2.26. The van der Waals surface area contributed by atoms with Crippen LogP contribution in [0, 0.1) is 0 Å². The summed E-state index contributed by atoms with van der Waals surface area (Å²) in [5.41, 5.74) is 5.16. The second-order valence-electron chi connectivity index (χ2n) is 9.95. The Morgan fingerprint density at radius 2 is 1.31 bits per heavy atom. The third kappa shape index (κ3) is 7.82. The molecule has 4 heteroatoms. The summed E-state index contributed by atoms with van der Waals surface area (Å²) in [7, 11) is 0. The van der Waals surface area contributed by atoms with Gasteiger partial charge in [-0.1, -0.05) is 117 Å². The van der Waals surface area contributed by atoms with Crippen LogP contribution in [0.4, 0.5) is 0 Å². The number of allylic oxidation sites excluding steroid dienone is 4. The van der Waals surface area contributed by atoms with E-state index in [2.05, 4.69) is 43.8 Å². The molecule has 0 radical (unpaired) electrons. The summed E-state index contributed by atoms with van der Waals surface area (Å²) in [6, 6.07) is 36.3. The molecule has 0 N–H and O–H groups in total. The molecule has 0 amide bonds. The maximum Gasteiger partial charge on any atom is 0.172 e. The van der Waals surface area contributed by atoms with Gasteiger partial charge in [0, 0.05) is 17.6 Å². The van der Waals surface area contributed by atoms with E-state index in [0.717, 1.165) is 51.5 Å². The first-order valence-corrected chi connectivity index (χ1v) is 14.3. The van der Waals surface area contributed by atoms with E-state index in [1.807, 2.05) is 97.1 Å². The number of ether oxygens (including phenoxy) is 4. The molecule has 0 saturated carbocycles. The molecule has 4 nitrogen and oxygen atoms in total. The normalized spacial score (nSPS) is 12.9. The fraction of sp³-hybridized carbons (Fsp3) is 0.158. The Morgan fingerprint density at radius 3 is 1.93 bits per heavy atom. The predicted octanol–water partition coefficient (Wildman–Crippen LogP) is 9.25. The first kappa shape index (κ1) is 28.6. The van der Waals surface area contributed by atoms with Crippen LogP contribution in [0.2, 0.25) is 0 Å². The van der Waals surface area contributed by atoms with Gasteiger partial charge in [0.2, 0.25) is 0 Å². The van der Waals surface area contributed by atoms with Crippen LogP contribution in [-0.2, 0) is 35.7 Å². The van der Waals surface area contributed by atoms with Crippen LogP contribution in [0.5, 0.6) is 11.5 Å². The van der Waals surface area contributed by atoms with Gasteiger partial charge in [-0.15, -0.1) is 0 Å². The fourth-order valence-electron chi connectivity index (χ4n) is 4.61. The van der Waals surface area contributed by atoms with Gasteiger partial charge in [-0.3, -0.25) is 0 Å². The highest BCUT2D eigenvalue weighted by Crippen LogP contribution is 2.39. The summed E-state index contributed by atoms with van der Waals surface area (Å²) in [5, 5.41) is 0. The van der Waals surface area contributed by atoms with Crippen LogP contribution in [0.3, 0.4) is 0 Å². The quantitative estimate of drug-likeness (QED) is 0.121. The van der Waals surface area contributed by atoms with Crippen LogP contribution in [0.25, 0.3) is 0 Å². The Balaban J connectivity index is 1.39. The molecule has 4 aromatic carbocycles. The molecule has 0 atom stereocenters. The second kappa shape index (κ2) is 14.6. The van der Waals surface area contributed by atoms with Gasteiger partial charge in [-0.2, -0.15) is 0 Å². The minimum atomic E-state index is 0.432. The number of benzene rings is 4. The summed E-state index contributed by atoms with van der Waals surface area (Å²) in [5.74, 6) is 3.56. The Hall–Kier alpha value is -4.96. The molecular formula is C38H36O4. The Kier molecular flexibility index (Phi) is 9.93. The van der Waals surface area contributed by atoms with E-state index in [-0.39, 0.29) is 0 Å². The fourth-order valence-corrected chi connectivity index (χ4v) is 4.61. The van der Waals surface area contributed by atoms with Crippen molar-refractivity contribution in [3.63, 3.8) is 0 Å². The first-order chi connectivity index (χ1) is 20.7. The average Bonchev–Trinajstić information content (AvgIpc) is 3.04. The molecule has 42 heavy (non-hydrogen) atoms. The van der Waals surface area contributed by atoms with Crippen LogP contribution >= 0.6 is 0 Å². The van der Waals surface area contributed by atoms with Gasteiger partial charge in [-0.05, 0) is 47.4 Å². The monoisotopic (exact) mass is 556 g/mol. The van der Waals surface area contributed by atoms with Crippen molar-refractivity contribution in [1.82, 2.24) is 0 Å². The molecule has 1 aliphatic rings. The van der Waals surface area contributed by atoms with Gasteiger partial charge in [0.1, 0.15) is 42.8 Å². The highest BCUT2D eigenvalue weighted by Gasteiger charge is 2.26. The van der Waals surface area contributed by atoms with Crippen LogP contribution in [-0.4, -0.2) is 0 Å². The maximum absolute atomic E-state index is 6.59. The van der Waals surface area contributed by atoms with Crippen LogP contribution in [0.1, 0.15) is 35.6 Å². The highest BCUT2D eigenvalue weighted by molar-refractivity contribution is 5.53. The second-order valence-corrected chi connectivity index (χ2v) is 9.95. The molecule has 212 valence electrons. The van der Waals surface area contributed by atoms with Crippen molar-refractivity contribution in [2.45, 2.75) is 39.6 Å². The zero-order valence-electron chi connectivity index (χ0n) is 24.0. The molecular weight excluding hydrogens is 520 g/mol. The average molecular weight is 557 g/mol. The van der Waals surface area contributed by atoms with Crippen molar-refractivity contribution < 1.29 is 18.9 Å². The molecule has 0 saturated heterocycles. The van der Waals surface area contributed by atoms with E-state index >= 15 is 0 Å². The first-order valence-electron chi connectivity index (χ1n) is 14.3. The van der Waals surface area contributed by atoms with E-state index < -0.39 is 0 Å². The molecule has 0 aromatic heterocycles. The van der Waals surface area contributed by atoms with Crippen LogP contribution < -0.4 is 9.47 Å². The summed E-state index contributed by atoms with van der Waals surface area (Å²) in [4.78, 5) is 0. The SMILES string of the molecule is C=C(C=CC(=CCC)C1=C(OCc2ccccc2)Cc2c(OCc3ccccc3)cccc2O1)OCc1ccccc1. The number of rotatable bonds is 13. The van der Waals surface area contributed by atoms with E-state index in [1.165, 1.54) is 0 Å². The van der Waals surface area contributed by atoms with Crippen molar-refractivity contribution >= 4 is 0 Å². The maximum atomic E-state index is 6.59. The Labute approximate surface area is 248 Å². The summed E-state index contributed by atoms with van der Waals surface area (Å²) in [6.07, 6.45) is 7.36. The predicted molar refractivity (Wildman–Crippen MR) is 168 cm³/mol. The summed E-state index contributed by atoms with van der Waals surface area (Å²) < 4.78 is 25.2. The van der Waals surface area contributed by atoms with E-state index in [9.17, 15) is 0 Å². The van der Waals surface area contributed by atoms with Crippen molar-refractivity contribution in [3.8, 4) is 11.5 Å². The van der Waals surface area contributed by atoms with Crippen LogP contribution in [0.15, 0.2) is 157 Å². The van der Waals surface area contributed by atoms with Crippen molar-refractivity contribution in [2.75, 3.05) is 0 Å². The molecule has 5 rings (SSSR count). The van der Waals surface area contributed by atoms with Crippen molar-refractivity contribution in [2.24, 2.45) is 0 Å². The standard InChI is InChI=1S/C38H36O4/c1-3-14-33(24-23-29(2)39-26-30-15-7-4-8-16-30)38-37(41-28-32-19-11-6-12-20-32)25-34-35(21-13-22-36(34)42-38)40-27-31-17-9-5-10-18-31/h4-24H,2-3,25-28H2,1H3. The molecule has 1 aliphatic heterocycles. The van der Waals surface area contributed by atoms with E-state index in [1.54, 1.807) is 0 Å². The molecule has 0 unspecified atom stereocenters. The van der Waals surface area contributed by atoms with Crippen molar-refractivity contribution in [3.05, 3.63) is 179 Å². The number of fused-ring (bicyclic) bond motifs is 1. The topological polar surface area (TPSA) is 36.9 Å². The minimum absolute atomic E-state index is 0.432. The number of hydrogen-bond acceptors (Lipinski definition) is 4. The van der Waals surface area contributed by atoms with Gasteiger partial charge in [0.15, 0.2) is 5.76 Å². The van der Waals surface area contributed by atoms with Gasteiger partial charge < -0.3 is 18.9 Å².